The van der Waals surface area contributed by atoms with Gasteiger partial charge >= 0.3 is 0 Å². The summed E-state index contributed by atoms with van der Waals surface area (Å²) in [5, 5.41) is 11.8. The van der Waals surface area contributed by atoms with Gasteiger partial charge in [-0.25, -0.2) is 0 Å². The van der Waals surface area contributed by atoms with E-state index in [9.17, 15) is 4.79 Å². The van der Waals surface area contributed by atoms with Crippen LogP contribution in [0.15, 0.2) is 72.8 Å². The SMILES string of the molecule is CCOc1cc(C#N)ccc1OCC(=O)Nc1ccc(Oc2ccccc2)cc1. The monoisotopic (exact) mass is 388 g/mol. The molecule has 1 amide bonds. The number of hydrogen-bond donors (Lipinski definition) is 1. The van der Waals surface area contributed by atoms with Crippen molar-refractivity contribution in [3.63, 3.8) is 0 Å². The van der Waals surface area contributed by atoms with Crippen LogP contribution in [0.25, 0.3) is 0 Å². The van der Waals surface area contributed by atoms with Crippen molar-refractivity contribution < 1.29 is 19.0 Å². The van der Waals surface area contributed by atoms with Crippen LogP contribution in [0.3, 0.4) is 0 Å². The molecule has 0 aliphatic rings. The summed E-state index contributed by atoms with van der Waals surface area (Å²) in [6.07, 6.45) is 0. The molecule has 0 saturated carbocycles. The van der Waals surface area contributed by atoms with Gasteiger partial charge < -0.3 is 19.5 Å². The van der Waals surface area contributed by atoms with Crippen LogP contribution in [0.2, 0.25) is 0 Å². The maximum absolute atomic E-state index is 12.2. The Hall–Kier alpha value is -3.98. The zero-order chi connectivity index (χ0) is 20.5. The van der Waals surface area contributed by atoms with E-state index >= 15 is 0 Å². The molecule has 1 N–H and O–H groups in total. The molecule has 0 atom stereocenters. The standard InChI is InChI=1S/C23H20N2O4/c1-2-27-22-14-17(15-24)8-13-21(22)28-16-23(26)25-18-9-11-20(12-10-18)29-19-6-4-3-5-7-19/h3-14H,2,16H2,1H3,(H,25,26). The van der Waals surface area contributed by atoms with Gasteiger partial charge in [0.2, 0.25) is 0 Å². The van der Waals surface area contributed by atoms with E-state index in [1.54, 1.807) is 42.5 Å². The van der Waals surface area contributed by atoms with Crippen molar-refractivity contribution in [2.24, 2.45) is 0 Å². The Morgan fingerprint density at radius 3 is 2.34 bits per heavy atom. The van der Waals surface area contributed by atoms with Gasteiger partial charge in [0.1, 0.15) is 11.5 Å². The Kier molecular flexibility index (Phi) is 6.69. The Balaban J connectivity index is 1.55. The molecule has 0 unspecified atom stereocenters. The van der Waals surface area contributed by atoms with Crippen molar-refractivity contribution in [2.75, 3.05) is 18.5 Å². The number of para-hydroxylation sites is 1. The summed E-state index contributed by atoms with van der Waals surface area (Å²) in [6, 6.07) is 23.4. The lowest BCUT2D eigenvalue weighted by molar-refractivity contribution is -0.118. The molecule has 0 aliphatic carbocycles. The summed E-state index contributed by atoms with van der Waals surface area (Å²) in [5.41, 5.74) is 1.09. The van der Waals surface area contributed by atoms with Crippen molar-refractivity contribution in [2.45, 2.75) is 6.92 Å². The molecule has 0 saturated heterocycles. The molecule has 6 heteroatoms. The molecule has 0 aromatic heterocycles. The van der Waals surface area contributed by atoms with Crippen LogP contribution in [0, 0.1) is 11.3 Å². The molecule has 0 aliphatic heterocycles. The average Bonchev–Trinajstić information content (AvgIpc) is 2.75. The van der Waals surface area contributed by atoms with E-state index in [1.165, 1.54) is 0 Å². The molecule has 3 aromatic carbocycles. The molecular formula is C23H20N2O4. The predicted octanol–water partition coefficient (Wildman–Crippen LogP) is 4.77. The first-order chi connectivity index (χ1) is 14.2. The van der Waals surface area contributed by atoms with Crippen LogP contribution >= 0.6 is 0 Å². The molecule has 0 heterocycles. The van der Waals surface area contributed by atoms with Crippen molar-refractivity contribution in [1.82, 2.24) is 0 Å². The first-order valence-electron chi connectivity index (χ1n) is 9.10. The Morgan fingerprint density at radius 1 is 0.931 bits per heavy atom. The van der Waals surface area contributed by atoms with Gasteiger partial charge in [-0.05, 0) is 55.5 Å². The highest BCUT2D eigenvalue weighted by Gasteiger charge is 2.10. The molecule has 0 spiro atoms. The first-order valence-corrected chi connectivity index (χ1v) is 9.10. The Morgan fingerprint density at radius 2 is 1.66 bits per heavy atom. The third-order valence-corrected chi connectivity index (χ3v) is 3.85. The summed E-state index contributed by atoms with van der Waals surface area (Å²) < 4.78 is 16.7. The fourth-order valence-electron chi connectivity index (χ4n) is 2.54. The van der Waals surface area contributed by atoms with E-state index in [4.69, 9.17) is 19.5 Å². The number of amides is 1. The highest BCUT2D eigenvalue weighted by atomic mass is 16.5. The van der Waals surface area contributed by atoms with Crippen molar-refractivity contribution in [3.05, 3.63) is 78.4 Å². The second-order valence-corrected chi connectivity index (χ2v) is 5.98. The molecule has 3 aromatic rings. The Bertz CT molecular complexity index is 996. The molecule has 146 valence electrons. The van der Waals surface area contributed by atoms with Gasteiger partial charge in [0.25, 0.3) is 5.91 Å². The van der Waals surface area contributed by atoms with Gasteiger partial charge in [-0.2, -0.15) is 5.26 Å². The molecule has 0 bridgehead atoms. The van der Waals surface area contributed by atoms with Crippen molar-refractivity contribution in [3.8, 4) is 29.1 Å². The van der Waals surface area contributed by atoms with Crippen LogP contribution in [-0.4, -0.2) is 19.1 Å². The zero-order valence-electron chi connectivity index (χ0n) is 15.9. The van der Waals surface area contributed by atoms with E-state index in [1.807, 2.05) is 43.3 Å². The van der Waals surface area contributed by atoms with E-state index in [-0.39, 0.29) is 12.5 Å². The van der Waals surface area contributed by atoms with Gasteiger partial charge in [0.05, 0.1) is 18.2 Å². The Labute approximate surface area is 169 Å². The number of benzene rings is 3. The van der Waals surface area contributed by atoms with Crippen LogP contribution in [0.1, 0.15) is 12.5 Å². The lowest BCUT2D eigenvalue weighted by Crippen LogP contribution is -2.20. The highest BCUT2D eigenvalue weighted by molar-refractivity contribution is 5.91. The quantitative estimate of drug-likeness (QED) is 0.601. The molecular weight excluding hydrogens is 368 g/mol. The van der Waals surface area contributed by atoms with Crippen molar-refractivity contribution in [1.29, 1.82) is 5.26 Å². The fraction of sp³-hybridized carbons (Fsp3) is 0.130. The minimum Gasteiger partial charge on any atom is -0.490 e. The second-order valence-electron chi connectivity index (χ2n) is 5.98. The summed E-state index contributed by atoms with van der Waals surface area (Å²) in [5.74, 6) is 1.94. The third-order valence-electron chi connectivity index (χ3n) is 3.85. The second kappa shape index (κ2) is 9.81. The summed E-state index contributed by atoms with van der Waals surface area (Å²) in [4.78, 5) is 12.2. The van der Waals surface area contributed by atoms with Gasteiger partial charge in [-0.1, -0.05) is 18.2 Å². The first kappa shape index (κ1) is 19.8. The largest absolute Gasteiger partial charge is 0.490 e. The number of nitrogens with one attached hydrogen (secondary N) is 1. The average molecular weight is 388 g/mol. The number of carbonyl (C=O) groups excluding carboxylic acids is 1. The lowest BCUT2D eigenvalue weighted by atomic mass is 10.2. The topological polar surface area (TPSA) is 80.6 Å². The fourth-order valence-corrected chi connectivity index (χ4v) is 2.54. The van der Waals surface area contributed by atoms with Gasteiger partial charge in [-0.15, -0.1) is 0 Å². The summed E-state index contributed by atoms with van der Waals surface area (Å²) in [6.45, 7) is 2.07. The molecule has 0 fully saturated rings. The van der Waals surface area contributed by atoms with Crippen LogP contribution in [-0.2, 0) is 4.79 Å². The number of anilines is 1. The summed E-state index contributed by atoms with van der Waals surface area (Å²) >= 11 is 0. The molecule has 29 heavy (non-hydrogen) atoms. The maximum Gasteiger partial charge on any atom is 0.262 e. The zero-order valence-corrected chi connectivity index (χ0v) is 15.9. The minimum absolute atomic E-state index is 0.186. The number of ether oxygens (including phenoxy) is 3. The normalized spacial score (nSPS) is 9.93. The summed E-state index contributed by atoms with van der Waals surface area (Å²) in [7, 11) is 0. The van der Waals surface area contributed by atoms with E-state index in [2.05, 4.69) is 5.32 Å². The number of carbonyl (C=O) groups is 1. The predicted molar refractivity (Wildman–Crippen MR) is 109 cm³/mol. The lowest BCUT2D eigenvalue weighted by Gasteiger charge is -2.12. The van der Waals surface area contributed by atoms with Gasteiger partial charge in [-0.3, -0.25) is 4.79 Å². The number of nitrogens with zero attached hydrogens (tertiary/aromatic N) is 1. The number of rotatable bonds is 8. The highest BCUT2D eigenvalue weighted by Crippen LogP contribution is 2.28. The minimum atomic E-state index is -0.312. The number of nitriles is 1. The molecule has 6 nitrogen and oxygen atoms in total. The number of hydrogen-bond acceptors (Lipinski definition) is 5. The van der Waals surface area contributed by atoms with Crippen LogP contribution in [0.4, 0.5) is 5.69 Å². The molecule has 0 radical (unpaired) electrons. The van der Waals surface area contributed by atoms with Crippen LogP contribution in [0.5, 0.6) is 23.0 Å². The van der Waals surface area contributed by atoms with Crippen LogP contribution < -0.4 is 19.5 Å². The smallest absolute Gasteiger partial charge is 0.262 e. The van der Waals surface area contributed by atoms with Gasteiger partial charge in [0.15, 0.2) is 18.1 Å². The van der Waals surface area contributed by atoms with Gasteiger partial charge in [0, 0.05) is 11.8 Å². The maximum atomic E-state index is 12.2. The van der Waals surface area contributed by atoms with E-state index in [0.717, 1.165) is 5.75 Å². The van der Waals surface area contributed by atoms with E-state index in [0.29, 0.717) is 35.1 Å². The molecule has 3 rings (SSSR count). The van der Waals surface area contributed by atoms with Crippen molar-refractivity contribution >= 4 is 11.6 Å². The van der Waals surface area contributed by atoms with E-state index < -0.39 is 0 Å². The third kappa shape index (κ3) is 5.75.